The number of thioether (sulfide) groups is 1. The molecule has 0 bridgehead atoms. The van der Waals surface area contributed by atoms with Gasteiger partial charge in [-0.2, -0.15) is 11.8 Å². The van der Waals surface area contributed by atoms with Gasteiger partial charge in [0.2, 0.25) is 0 Å². The maximum atomic E-state index is 6.28. The number of rotatable bonds is 2. The molecule has 100 valence electrons. The lowest BCUT2D eigenvalue weighted by Crippen LogP contribution is -1.96. The number of hydrogen-bond acceptors (Lipinski definition) is 2. The normalized spacial score (nSPS) is 16.2. The van der Waals surface area contributed by atoms with Crippen molar-refractivity contribution >= 4 is 62.2 Å². The van der Waals surface area contributed by atoms with E-state index in [9.17, 15) is 0 Å². The highest BCUT2D eigenvalue weighted by Crippen LogP contribution is 2.42. The molecular weight excluding hydrogens is 383 g/mol. The largest absolute Gasteiger partial charge is 0.157 e. The highest BCUT2D eigenvalue weighted by molar-refractivity contribution is 9.09. The Bertz CT molecular complexity index is 586. The first-order chi connectivity index (χ1) is 9.15. The molecule has 1 unspecified atom stereocenters. The SMILES string of the molecule is Clc1ccc(Cl)c(C(Br)c2cc3c(s2)CCSC3)c1. The third-order valence-electron chi connectivity index (χ3n) is 3.13. The van der Waals surface area contributed by atoms with Gasteiger partial charge in [-0.3, -0.25) is 0 Å². The van der Waals surface area contributed by atoms with Gasteiger partial charge in [-0.15, -0.1) is 11.3 Å². The van der Waals surface area contributed by atoms with E-state index >= 15 is 0 Å². The molecule has 1 aliphatic rings. The molecule has 19 heavy (non-hydrogen) atoms. The van der Waals surface area contributed by atoms with Crippen LogP contribution in [0.15, 0.2) is 24.3 Å². The van der Waals surface area contributed by atoms with E-state index in [1.165, 1.54) is 27.5 Å². The van der Waals surface area contributed by atoms with Crippen LogP contribution in [0.2, 0.25) is 10.0 Å². The predicted octanol–water partition coefficient (Wildman–Crippen LogP) is 6.33. The van der Waals surface area contributed by atoms with Crippen molar-refractivity contribution in [3.8, 4) is 0 Å². The zero-order chi connectivity index (χ0) is 13.4. The molecule has 5 heteroatoms. The zero-order valence-corrected chi connectivity index (χ0v) is 14.7. The summed E-state index contributed by atoms with van der Waals surface area (Å²) in [6.07, 6.45) is 1.19. The fourth-order valence-electron chi connectivity index (χ4n) is 2.16. The Balaban J connectivity index is 1.97. The minimum absolute atomic E-state index is 0.124. The Labute approximate surface area is 139 Å². The molecule has 0 radical (unpaired) electrons. The van der Waals surface area contributed by atoms with Crippen LogP contribution in [0.1, 0.15) is 25.7 Å². The number of thiophene rings is 1. The van der Waals surface area contributed by atoms with Gasteiger partial charge >= 0.3 is 0 Å². The van der Waals surface area contributed by atoms with Gasteiger partial charge in [-0.05, 0) is 47.6 Å². The summed E-state index contributed by atoms with van der Waals surface area (Å²) in [4.78, 5) is 2.97. The van der Waals surface area contributed by atoms with Crippen molar-refractivity contribution in [2.75, 3.05) is 5.75 Å². The first kappa shape index (κ1) is 14.3. The van der Waals surface area contributed by atoms with Crippen molar-refractivity contribution in [2.45, 2.75) is 17.0 Å². The van der Waals surface area contributed by atoms with Gasteiger partial charge in [-0.1, -0.05) is 39.1 Å². The second-order valence-electron chi connectivity index (χ2n) is 4.43. The van der Waals surface area contributed by atoms with Crippen LogP contribution in [0, 0.1) is 0 Å². The fourth-order valence-corrected chi connectivity index (χ4v) is 5.86. The Morgan fingerprint density at radius 1 is 1.21 bits per heavy atom. The minimum Gasteiger partial charge on any atom is -0.157 e. The lowest BCUT2D eigenvalue weighted by Gasteiger charge is -2.10. The van der Waals surface area contributed by atoms with Crippen LogP contribution >= 0.6 is 62.2 Å². The van der Waals surface area contributed by atoms with Gasteiger partial charge in [0.1, 0.15) is 0 Å². The summed E-state index contributed by atoms with van der Waals surface area (Å²) >= 11 is 20.0. The van der Waals surface area contributed by atoms with Gasteiger partial charge in [-0.25, -0.2) is 0 Å². The molecule has 1 aromatic heterocycles. The highest BCUT2D eigenvalue weighted by Gasteiger charge is 2.20. The van der Waals surface area contributed by atoms with Gasteiger partial charge in [0.05, 0.1) is 4.83 Å². The molecule has 1 aliphatic heterocycles. The third kappa shape index (κ3) is 3.01. The molecule has 0 saturated heterocycles. The molecule has 0 saturated carbocycles. The van der Waals surface area contributed by atoms with Crippen molar-refractivity contribution in [2.24, 2.45) is 0 Å². The van der Waals surface area contributed by atoms with Crippen molar-refractivity contribution in [1.82, 2.24) is 0 Å². The predicted molar refractivity (Wildman–Crippen MR) is 91.4 cm³/mol. The van der Waals surface area contributed by atoms with E-state index in [1.807, 2.05) is 41.3 Å². The molecule has 0 N–H and O–H groups in total. The molecule has 2 heterocycles. The van der Waals surface area contributed by atoms with Crippen LogP contribution in [0.5, 0.6) is 0 Å². The number of halogens is 3. The average Bonchev–Trinajstić information content (AvgIpc) is 2.84. The van der Waals surface area contributed by atoms with Crippen LogP contribution in [0.3, 0.4) is 0 Å². The highest BCUT2D eigenvalue weighted by atomic mass is 79.9. The lowest BCUT2D eigenvalue weighted by atomic mass is 10.1. The van der Waals surface area contributed by atoms with Crippen molar-refractivity contribution in [3.05, 3.63) is 55.2 Å². The summed E-state index contributed by atoms with van der Waals surface area (Å²) in [5.74, 6) is 2.37. The minimum atomic E-state index is 0.124. The van der Waals surface area contributed by atoms with Crippen molar-refractivity contribution in [1.29, 1.82) is 0 Å². The van der Waals surface area contributed by atoms with E-state index in [2.05, 4.69) is 22.0 Å². The van der Waals surface area contributed by atoms with Crippen molar-refractivity contribution in [3.63, 3.8) is 0 Å². The van der Waals surface area contributed by atoms with Crippen molar-refractivity contribution < 1.29 is 0 Å². The maximum Gasteiger partial charge on any atom is 0.0753 e. The van der Waals surface area contributed by atoms with Crippen LogP contribution in [0.4, 0.5) is 0 Å². The summed E-state index contributed by atoms with van der Waals surface area (Å²) in [6.45, 7) is 0. The van der Waals surface area contributed by atoms with E-state index in [-0.39, 0.29) is 4.83 Å². The van der Waals surface area contributed by atoms with E-state index in [1.54, 1.807) is 0 Å². The van der Waals surface area contributed by atoms with Gasteiger partial charge in [0, 0.05) is 25.6 Å². The van der Waals surface area contributed by atoms with Crippen LogP contribution in [-0.4, -0.2) is 5.75 Å². The molecule has 0 nitrogen and oxygen atoms in total. The lowest BCUT2D eigenvalue weighted by molar-refractivity contribution is 1.13. The quantitative estimate of drug-likeness (QED) is 0.537. The van der Waals surface area contributed by atoms with Gasteiger partial charge in [0.25, 0.3) is 0 Å². The summed E-state index contributed by atoms with van der Waals surface area (Å²) in [7, 11) is 0. The Kier molecular flexibility index (Phi) is 4.50. The number of benzene rings is 1. The monoisotopic (exact) mass is 392 g/mol. The maximum absolute atomic E-state index is 6.28. The zero-order valence-electron chi connectivity index (χ0n) is 9.96. The molecular formula is C14H11BrCl2S2. The number of aryl methyl sites for hydroxylation is 1. The molecule has 0 aliphatic carbocycles. The summed E-state index contributed by atoms with van der Waals surface area (Å²) < 4.78 is 0. The molecule has 1 atom stereocenters. The van der Waals surface area contributed by atoms with Crippen LogP contribution in [-0.2, 0) is 12.2 Å². The smallest absolute Gasteiger partial charge is 0.0753 e. The topological polar surface area (TPSA) is 0 Å². The Hall–Kier alpha value is 0.330. The van der Waals surface area contributed by atoms with E-state index in [0.29, 0.717) is 0 Å². The van der Waals surface area contributed by atoms with E-state index in [4.69, 9.17) is 23.2 Å². The Morgan fingerprint density at radius 2 is 2.05 bits per heavy atom. The Morgan fingerprint density at radius 3 is 2.84 bits per heavy atom. The molecule has 3 rings (SSSR count). The standard InChI is InChI=1S/C14H11BrCl2S2/c15-14(10-6-9(16)1-2-11(10)17)13-5-8-7-18-4-3-12(8)19-13/h1-2,5-6,14H,3-4,7H2. The first-order valence-corrected chi connectivity index (χ1v) is 9.57. The fraction of sp³-hybridized carbons (Fsp3) is 0.286. The third-order valence-corrected chi connectivity index (χ3v) is 7.31. The van der Waals surface area contributed by atoms with Crippen LogP contribution < -0.4 is 0 Å². The summed E-state index contributed by atoms with van der Waals surface area (Å²) in [6, 6.07) is 7.93. The number of fused-ring (bicyclic) bond motifs is 1. The number of hydrogen-bond donors (Lipinski definition) is 0. The summed E-state index contributed by atoms with van der Waals surface area (Å²) in [5.41, 5.74) is 2.53. The second-order valence-corrected chi connectivity index (χ2v) is 8.46. The van der Waals surface area contributed by atoms with Gasteiger partial charge in [0.15, 0.2) is 0 Å². The molecule has 2 aromatic rings. The molecule has 0 amide bonds. The molecule has 1 aromatic carbocycles. The second kappa shape index (κ2) is 5.98. The van der Waals surface area contributed by atoms with Gasteiger partial charge < -0.3 is 0 Å². The summed E-state index contributed by atoms with van der Waals surface area (Å²) in [5, 5.41) is 1.48. The first-order valence-electron chi connectivity index (χ1n) is 5.93. The number of alkyl halides is 1. The van der Waals surface area contributed by atoms with E-state index < -0.39 is 0 Å². The average molecular weight is 394 g/mol. The van der Waals surface area contributed by atoms with E-state index in [0.717, 1.165) is 21.4 Å². The molecule has 0 spiro atoms. The molecule has 0 fully saturated rings. The van der Waals surface area contributed by atoms with Crippen LogP contribution in [0.25, 0.3) is 0 Å².